The first-order chi connectivity index (χ1) is 9.45. The molecule has 0 saturated carbocycles. The monoisotopic (exact) mass is 293 g/mol. The van der Waals surface area contributed by atoms with E-state index >= 15 is 0 Å². The summed E-state index contributed by atoms with van der Waals surface area (Å²) in [5, 5.41) is 7.26. The molecule has 2 rings (SSSR count). The summed E-state index contributed by atoms with van der Waals surface area (Å²) in [6.07, 6.45) is 0. The Morgan fingerprint density at radius 1 is 1.40 bits per heavy atom. The van der Waals surface area contributed by atoms with Crippen LogP contribution in [0.1, 0.15) is 17.0 Å². The summed E-state index contributed by atoms with van der Waals surface area (Å²) in [6.45, 7) is 4.10. The lowest BCUT2D eigenvalue weighted by molar-refractivity contribution is 0.219. The molecule has 0 aliphatic rings. The SMILES string of the molecule is Cc1cc(CN(C)C(=O)Nc2ccc(C)c(Cl)c2)no1. The number of halogens is 1. The average Bonchev–Trinajstić information content (AvgIpc) is 2.79. The van der Waals surface area contributed by atoms with Gasteiger partial charge in [0.2, 0.25) is 0 Å². The highest BCUT2D eigenvalue weighted by molar-refractivity contribution is 6.31. The van der Waals surface area contributed by atoms with Crippen molar-refractivity contribution in [1.82, 2.24) is 10.1 Å². The Kier molecular flexibility index (Phi) is 4.29. The number of aromatic nitrogens is 1. The maximum Gasteiger partial charge on any atom is 0.321 e. The minimum absolute atomic E-state index is 0.231. The van der Waals surface area contributed by atoms with E-state index in [0.29, 0.717) is 22.9 Å². The van der Waals surface area contributed by atoms with Crippen LogP contribution in [0.15, 0.2) is 28.8 Å². The van der Waals surface area contributed by atoms with Crippen molar-refractivity contribution < 1.29 is 9.32 Å². The second kappa shape index (κ2) is 5.96. The van der Waals surface area contributed by atoms with Crippen molar-refractivity contribution in [3.63, 3.8) is 0 Å². The quantitative estimate of drug-likeness (QED) is 0.940. The summed E-state index contributed by atoms with van der Waals surface area (Å²) in [4.78, 5) is 13.6. The topological polar surface area (TPSA) is 58.4 Å². The zero-order chi connectivity index (χ0) is 14.7. The summed E-state index contributed by atoms with van der Waals surface area (Å²) in [5.41, 5.74) is 2.34. The van der Waals surface area contributed by atoms with Gasteiger partial charge in [-0.2, -0.15) is 0 Å². The Morgan fingerprint density at radius 2 is 2.15 bits per heavy atom. The molecule has 0 radical (unpaired) electrons. The first-order valence-electron chi connectivity index (χ1n) is 6.16. The van der Waals surface area contributed by atoms with Crippen molar-refractivity contribution in [1.29, 1.82) is 0 Å². The number of nitrogens with one attached hydrogen (secondary N) is 1. The third kappa shape index (κ3) is 3.51. The van der Waals surface area contributed by atoms with E-state index in [-0.39, 0.29) is 6.03 Å². The van der Waals surface area contributed by atoms with Crippen LogP contribution in [0.2, 0.25) is 5.02 Å². The van der Waals surface area contributed by atoms with Gasteiger partial charge in [-0.05, 0) is 31.5 Å². The number of amides is 2. The van der Waals surface area contributed by atoms with E-state index in [9.17, 15) is 4.79 Å². The predicted molar refractivity (Wildman–Crippen MR) is 77.9 cm³/mol. The molecule has 1 heterocycles. The molecule has 106 valence electrons. The lowest BCUT2D eigenvalue weighted by atomic mass is 10.2. The summed E-state index contributed by atoms with van der Waals surface area (Å²) in [7, 11) is 1.69. The highest BCUT2D eigenvalue weighted by atomic mass is 35.5. The summed E-state index contributed by atoms with van der Waals surface area (Å²) < 4.78 is 4.97. The molecule has 1 aromatic heterocycles. The van der Waals surface area contributed by atoms with E-state index in [1.54, 1.807) is 19.2 Å². The number of benzene rings is 1. The van der Waals surface area contributed by atoms with E-state index in [1.165, 1.54) is 4.90 Å². The first kappa shape index (κ1) is 14.4. The van der Waals surface area contributed by atoms with Crippen LogP contribution in [0.3, 0.4) is 0 Å². The average molecular weight is 294 g/mol. The zero-order valence-corrected chi connectivity index (χ0v) is 12.4. The van der Waals surface area contributed by atoms with Crippen LogP contribution in [-0.4, -0.2) is 23.1 Å². The fourth-order valence-corrected chi connectivity index (χ4v) is 1.88. The van der Waals surface area contributed by atoms with E-state index in [4.69, 9.17) is 16.1 Å². The molecule has 0 fully saturated rings. The maximum absolute atomic E-state index is 12.0. The number of carbonyl (C=O) groups excluding carboxylic acids is 1. The second-order valence-corrected chi connectivity index (χ2v) is 5.09. The molecule has 1 aromatic carbocycles. The number of nitrogens with zero attached hydrogens (tertiary/aromatic N) is 2. The number of aryl methyl sites for hydroxylation is 2. The van der Waals surface area contributed by atoms with Gasteiger partial charge < -0.3 is 14.7 Å². The van der Waals surface area contributed by atoms with Crippen molar-refractivity contribution in [2.45, 2.75) is 20.4 Å². The first-order valence-corrected chi connectivity index (χ1v) is 6.54. The lowest BCUT2D eigenvalue weighted by Gasteiger charge is -2.16. The summed E-state index contributed by atoms with van der Waals surface area (Å²) in [6, 6.07) is 6.97. The van der Waals surface area contributed by atoms with Crippen LogP contribution in [0.5, 0.6) is 0 Å². The second-order valence-electron chi connectivity index (χ2n) is 4.68. The number of hydrogen-bond acceptors (Lipinski definition) is 3. The molecule has 0 saturated heterocycles. The zero-order valence-electron chi connectivity index (χ0n) is 11.6. The van der Waals surface area contributed by atoms with Gasteiger partial charge in [-0.3, -0.25) is 0 Å². The van der Waals surface area contributed by atoms with Crippen molar-refractivity contribution in [3.05, 3.63) is 46.3 Å². The molecule has 20 heavy (non-hydrogen) atoms. The van der Waals surface area contributed by atoms with Crippen LogP contribution >= 0.6 is 11.6 Å². The number of carbonyl (C=O) groups is 1. The van der Waals surface area contributed by atoms with E-state index < -0.39 is 0 Å². The molecule has 0 aliphatic carbocycles. The Balaban J connectivity index is 1.98. The van der Waals surface area contributed by atoms with E-state index in [2.05, 4.69) is 10.5 Å². The van der Waals surface area contributed by atoms with E-state index in [1.807, 2.05) is 26.0 Å². The van der Waals surface area contributed by atoms with Gasteiger partial charge in [0, 0.05) is 23.8 Å². The van der Waals surface area contributed by atoms with Gasteiger partial charge in [0.05, 0.1) is 6.54 Å². The van der Waals surface area contributed by atoms with Gasteiger partial charge in [-0.25, -0.2) is 4.79 Å². The lowest BCUT2D eigenvalue weighted by Crippen LogP contribution is -2.30. The standard InChI is InChI=1S/C14H16ClN3O2/c1-9-4-5-11(7-13(9)15)16-14(19)18(3)8-12-6-10(2)20-17-12/h4-7H,8H2,1-3H3,(H,16,19). The van der Waals surface area contributed by atoms with Crippen molar-refractivity contribution in [2.75, 3.05) is 12.4 Å². The number of urea groups is 1. The van der Waals surface area contributed by atoms with Crippen molar-refractivity contribution in [3.8, 4) is 0 Å². The summed E-state index contributed by atoms with van der Waals surface area (Å²) in [5.74, 6) is 0.721. The molecule has 0 spiro atoms. The normalized spacial score (nSPS) is 10.4. The van der Waals surface area contributed by atoms with Crippen molar-refractivity contribution in [2.24, 2.45) is 0 Å². The molecule has 0 bridgehead atoms. The highest BCUT2D eigenvalue weighted by Crippen LogP contribution is 2.20. The molecule has 0 unspecified atom stereocenters. The maximum atomic E-state index is 12.0. The van der Waals surface area contributed by atoms with Gasteiger partial charge in [0.25, 0.3) is 0 Å². The third-order valence-corrected chi connectivity index (χ3v) is 3.25. The molecule has 0 atom stereocenters. The molecule has 2 amide bonds. The Labute approximate surface area is 122 Å². The van der Waals surface area contributed by atoms with Gasteiger partial charge in [0.1, 0.15) is 11.5 Å². The van der Waals surface area contributed by atoms with Crippen LogP contribution in [0.4, 0.5) is 10.5 Å². The molecule has 1 N–H and O–H groups in total. The van der Waals surface area contributed by atoms with Gasteiger partial charge >= 0.3 is 6.03 Å². The Bertz CT molecular complexity index is 625. The largest absolute Gasteiger partial charge is 0.361 e. The van der Waals surface area contributed by atoms with Gasteiger partial charge in [-0.15, -0.1) is 0 Å². The molecular formula is C14H16ClN3O2. The third-order valence-electron chi connectivity index (χ3n) is 2.85. The van der Waals surface area contributed by atoms with Crippen LogP contribution in [0.25, 0.3) is 0 Å². The van der Waals surface area contributed by atoms with E-state index in [0.717, 1.165) is 11.3 Å². The number of rotatable bonds is 3. The van der Waals surface area contributed by atoms with Crippen molar-refractivity contribution >= 4 is 23.3 Å². The van der Waals surface area contributed by atoms with Gasteiger partial charge in [-0.1, -0.05) is 22.8 Å². The molecule has 6 heteroatoms. The van der Waals surface area contributed by atoms with Crippen LogP contribution in [0, 0.1) is 13.8 Å². The Hall–Kier alpha value is -2.01. The van der Waals surface area contributed by atoms with Gasteiger partial charge in [0.15, 0.2) is 0 Å². The Morgan fingerprint density at radius 3 is 2.75 bits per heavy atom. The smallest absolute Gasteiger partial charge is 0.321 e. The fraction of sp³-hybridized carbons (Fsp3) is 0.286. The molecular weight excluding hydrogens is 278 g/mol. The molecule has 2 aromatic rings. The predicted octanol–water partition coefficient (Wildman–Crippen LogP) is 3.61. The number of anilines is 1. The molecule has 0 aliphatic heterocycles. The summed E-state index contributed by atoms with van der Waals surface area (Å²) >= 11 is 6.02. The minimum atomic E-state index is -0.231. The number of hydrogen-bond donors (Lipinski definition) is 1. The van der Waals surface area contributed by atoms with Crippen LogP contribution < -0.4 is 5.32 Å². The molecule has 5 nitrogen and oxygen atoms in total. The highest BCUT2D eigenvalue weighted by Gasteiger charge is 2.12. The fourth-order valence-electron chi connectivity index (χ4n) is 1.70. The minimum Gasteiger partial charge on any atom is -0.361 e. The van der Waals surface area contributed by atoms with Crippen LogP contribution in [-0.2, 0) is 6.54 Å².